The van der Waals surface area contributed by atoms with Crippen LogP contribution in [0.4, 0.5) is 74.6 Å². The Morgan fingerprint density at radius 3 is 1.15 bits per heavy atom. The van der Waals surface area contributed by atoms with Crippen LogP contribution in [0.25, 0.3) is 0 Å². The fraction of sp³-hybridized carbons (Fsp3) is 1.00. The lowest BCUT2D eigenvalue weighted by Crippen LogP contribution is -3.00. The maximum Gasteiger partial charge on any atom is 0.460 e. The molecule has 0 aliphatic carbocycles. The van der Waals surface area contributed by atoms with Crippen molar-refractivity contribution in [3.8, 4) is 0 Å². The Morgan fingerprint density at radius 2 is 0.830 bits per heavy atom. The van der Waals surface area contributed by atoms with E-state index in [4.69, 9.17) is 0 Å². The fourth-order valence-corrected chi connectivity index (χ4v) is 6.31. The number of halogens is 18. The highest BCUT2D eigenvalue weighted by atomic mass is 127. The van der Waals surface area contributed by atoms with E-state index < -0.39 is 74.4 Å². The molecule has 1 aliphatic heterocycles. The van der Waals surface area contributed by atoms with Gasteiger partial charge in [-0.25, -0.2) is 8.42 Å². The summed E-state index contributed by atoms with van der Waals surface area (Å²) in [7, 11) is -7.24. The molecular formula is C24H34F17IN2O2S. The average molecular weight is 864 g/mol. The molecule has 1 saturated heterocycles. The zero-order valence-electron chi connectivity index (χ0n) is 24.8. The monoisotopic (exact) mass is 864 g/mol. The third-order valence-corrected chi connectivity index (χ3v) is 9.93. The molecule has 284 valence electrons. The number of hydrogen-bond donors (Lipinski definition) is 0. The highest BCUT2D eigenvalue weighted by molar-refractivity contribution is 7.90. The maximum absolute atomic E-state index is 14.7. The Kier molecular flexibility index (Phi) is 15.1. The number of quaternary nitrogens is 1. The number of alkyl halides is 17. The Bertz CT molecular complexity index is 1100. The first-order valence-corrected chi connectivity index (χ1v) is 15.4. The third-order valence-electron chi connectivity index (χ3n) is 7.98. The minimum absolute atomic E-state index is 0. The summed E-state index contributed by atoms with van der Waals surface area (Å²) in [6, 6.07) is 0. The largest absolute Gasteiger partial charge is 1.00 e. The summed E-state index contributed by atoms with van der Waals surface area (Å²) in [6.45, 7) is 1.54. The molecule has 0 amide bonds. The standard InChI is InChI=1S/C24H34F17N2O2S.HI/c1-3-5-7-9-13-43(14-10-8-6-4-2)15-11-42(12-16-43)46(44,45)24(40,41)22(35,36)20(31,32)18(27,28)17(25,26)19(29,30)21(33,34)23(37,38)39;/h3-16H2,1-2H3;1H/q+1;/p-1. The quantitative estimate of drug-likeness (QED) is 0.0783. The van der Waals surface area contributed by atoms with E-state index in [0.717, 1.165) is 25.7 Å². The van der Waals surface area contributed by atoms with Crippen LogP contribution in [0.5, 0.6) is 0 Å². The highest BCUT2D eigenvalue weighted by Gasteiger charge is 2.96. The highest BCUT2D eigenvalue weighted by Crippen LogP contribution is 2.64. The molecular weight excluding hydrogens is 830 g/mol. The van der Waals surface area contributed by atoms with E-state index in [-0.39, 0.29) is 41.5 Å². The van der Waals surface area contributed by atoms with Crippen molar-refractivity contribution in [2.75, 3.05) is 39.3 Å². The summed E-state index contributed by atoms with van der Waals surface area (Å²) < 4.78 is 256. The van der Waals surface area contributed by atoms with Crippen molar-refractivity contribution in [1.82, 2.24) is 4.31 Å². The summed E-state index contributed by atoms with van der Waals surface area (Å²) in [5, 5.41) is -7.50. The van der Waals surface area contributed by atoms with Crippen molar-refractivity contribution in [3.05, 3.63) is 0 Å². The number of piperazine rings is 1. The van der Waals surface area contributed by atoms with E-state index >= 15 is 0 Å². The first kappa shape index (κ1) is 46.4. The van der Waals surface area contributed by atoms with Gasteiger partial charge in [-0.2, -0.15) is 78.9 Å². The predicted octanol–water partition coefficient (Wildman–Crippen LogP) is 5.58. The second-order valence-corrected chi connectivity index (χ2v) is 13.2. The van der Waals surface area contributed by atoms with Crippen LogP contribution >= 0.6 is 0 Å². The lowest BCUT2D eigenvalue weighted by atomic mass is 9.91. The maximum atomic E-state index is 14.7. The lowest BCUT2D eigenvalue weighted by molar-refractivity contribution is -0.931. The van der Waals surface area contributed by atoms with Crippen LogP contribution in [0.3, 0.4) is 0 Å². The molecule has 1 rings (SSSR count). The average Bonchev–Trinajstić information content (AvgIpc) is 2.92. The molecule has 0 bridgehead atoms. The zero-order valence-corrected chi connectivity index (χ0v) is 27.8. The molecule has 1 heterocycles. The molecule has 4 nitrogen and oxygen atoms in total. The molecule has 0 radical (unpaired) electrons. The number of sulfonamides is 1. The van der Waals surface area contributed by atoms with Gasteiger partial charge in [0.15, 0.2) is 0 Å². The smallest absolute Gasteiger partial charge is 0.460 e. The van der Waals surface area contributed by atoms with E-state index in [0.29, 0.717) is 38.8 Å². The molecule has 0 spiro atoms. The molecule has 47 heavy (non-hydrogen) atoms. The van der Waals surface area contributed by atoms with Crippen LogP contribution in [0, 0.1) is 0 Å². The molecule has 23 heteroatoms. The van der Waals surface area contributed by atoms with Gasteiger partial charge < -0.3 is 28.5 Å². The summed E-state index contributed by atoms with van der Waals surface area (Å²) in [6.07, 6.45) is -2.18. The molecule has 0 atom stereocenters. The molecule has 0 aromatic rings. The predicted molar refractivity (Wildman–Crippen MR) is 129 cm³/mol. The summed E-state index contributed by atoms with van der Waals surface area (Å²) in [5.41, 5.74) is 0. The number of hydrogen-bond acceptors (Lipinski definition) is 2. The number of unbranched alkanes of at least 4 members (excludes halogenated alkanes) is 6. The van der Waals surface area contributed by atoms with Gasteiger partial charge in [0, 0.05) is 0 Å². The Balaban J connectivity index is 0.0000212. The Morgan fingerprint density at radius 1 is 0.511 bits per heavy atom. The van der Waals surface area contributed by atoms with E-state index in [9.17, 15) is 83.1 Å². The Hall–Kier alpha value is -0.590. The first-order valence-electron chi connectivity index (χ1n) is 14.0. The van der Waals surface area contributed by atoms with Gasteiger partial charge in [-0.15, -0.1) is 0 Å². The molecule has 1 aliphatic rings. The van der Waals surface area contributed by atoms with E-state index in [1.54, 1.807) is 0 Å². The second kappa shape index (κ2) is 15.3. The molecule has 0 aromatic carbocycles. The Labute approximate surface area is 277 Å². The van der Waals surface area contributed by atoms with Gasteiger partial charge in [-0.3, -0.25) is 0 Å². The molecule has 0 unspecified atom stereocenters. The van der Waals surface area contributed by atoms with Gasteiger partial charge in [-0.05, 0) is 25.7 Å². The molecule has 0 saturated carbocycles. The van der Waals surface area contributed by atoms with Gasteiger partial charge in [0.25, 0.3) is 10.0 Å². The van der Waals surface area contributed by atoms with Gasteiger partial charge in [0.05, 0.1) is 39.3 Å². The minimum Gasteiger partial charge on any atom is -1.00 e. The van der Waals surface area contributed by atoms with Gasteiger partial charge in [-0.1, -0.05) is 39.5 Å². The van der Waals surface area contributed by atoms with Crippen LogP contribution in [0.2, 0.25) is 0 Å². The molecule has 0 aromatic heterocycles. The van der Waals surface area contributed by atoms with Crippen molar-refractivity contribution in [3.63, 3.8) is 0 Å². The van der Waals surface area contributed by atoms with Crippen LogP contribution in [0.1, 0.15) is 65.2 Å². The van der Waals surface area contributed by atoms with Crippen LogP contribution in [-0.4, -0.2) is 103 Å². The fourth-order valence-electron chi connectivity index (χ4n) is 4.89. The summed E-state index contributed by atoms with van der Waals surface area (Å²) >= 11 is 0. The first-order chi connectivity index (χ1) is 20.4. The van der Waals surface area contributed by atoms with Crippen LogP contribution in [0.15, 0.2) is 0 Å². The normalized spacial score (nSPS) is 18.3. The van der Waals surface area contributed by atoms with Gasteiger partial charge >= 0.3 is 47.0 Å². The van der Waals surface area contributed by atoms with E-state index in [1.807, 2.05) is 13.8 Å². The molecule has 1 fully saturated rings. The number of nitrogens with zero attached hydrogens (tertiary/aromatic N) is 2. The van der Waals surface area contributed by atoms with E-state index in [1.165, 1.54) is 0 Å². The van der Waals surface area contributed by atoms with Gasteiger partial charge in [0.1, 0.15) is 0 Å². The van der Waals surface area contributed by atoms with Crippen molar-refractivity contribution in [2.24, 2.45) is 0 Å². The van der Waals surface area contributed by atoms with Crippen molar-refractivity contribution >= 4 is 10.0 Å². The van der Waals surface area contributed by atoms with Crippen LogP contribution < -0.4 is 24.0 Å². The van der Waals surface area contributed by atoms with Crippen LogP contribution in [-0.2, 0) is 10.0 Å². The number of rotatable bonds is 18. The molecule has 0 N–H and O–H groups in total. The van der Waals surface area contributed by atoms with Gasteiger partial charge in [0.2, 0.25) is 0 Å². The SMILES string of the molecule is CCCCCC[N+]1(CCCCCC)CCN(S(=O)(=O)C(F)(F)C(F)(F)C(F)(F)C(F)(F)C(F)(F)C(F)(F)C(F)(F)C(F)(F)F)CC1.[I-]. The minimum atomic E-state index is -8.83. The lowest BCUT2D eigenvalue weighted by Gasteiger charge is -2.46. The van der Waals surface area contributed by atoms with Crippen molar-refractivity contribution in [1.29, 1.82) is 0 Å². The van der Waals surface area contributed by atoms with Crippen molar-refractivity contribution < 1.29 is 112 Å². The zero-order chi connectivity index (χ0) is 36.5. The van der Waals surface area contributed by atoms with E-state index in [2.05, 4.69) is 0 Å². The van der Waals surface area contributed by atoms with Crippen molar-refractivity contribution in [2.45, 2.75) is 112 Å². The summed E-state index contributed by atoms with van der Waals surface area (Å²) in [5.74, 6) is -51.5. The third kappa shape index (κ3) is 8.00. The second-order valence-electron chi connectivity index (χ2n) is 11.2. The topological polar surface area (TPSA) is 37.4 Å². The summed E-state index contributed by atoms with van der Waals surface area (Å²) in [4.78, 5) is 0.